The number of carbonyl (C=O) groups excluding carboxylic acids is 1. The highest BCUT2D eigenvalue weighted by atomic mass is 79.9. The summed E-state index contributed by atoms with van der Waals surface area (Å²) in [6.45, 7) is 0. The van der Waals surface area contributed by atoms with Crippen molar-refractivity contribution in [1.82, 2.24) is 4.57 Å². The minimum Gasteiger partial charge on any atom is -0.319 e. The van der Waals surface area contributed by atoms with Gasteiger partial charge in [-0.05, 0) is 40.9 Å². The Labute approximate surface area is 123 Å². The van der Waals surface area contributed by atoms with Gasteiger partial charge in [0.15, 0.2) is 5.78 Å². The molecule has 0 saturated heterocycles. The lowest BCUT2D eigenvalue weighted by atomic mass is 9.97. The van der Waals surface area contributed by atoms with E-state index in [1.54, 1.807) is 6.07 Å². The Morgan fingerprint density at radius 1 is 1.25 bits per heavy atom. The van der Waals surface area contributed by atoms with Crippen molar-refractivity contribution in [2.24, 2.45) is 0 Å². The third-order valence-corrected chi connectivity index (χ3v) is 4.15. The van der Waals surface area contributed by atoms with Gasteiger partial charge in [0.2, 0.25) is 0 Å². The molecule has 5 nitrogen and oxygen atoms in total. The van der Waals surface area contributed by atoms with E-state index in [1.807, 2.05) is 16.8 Å². The third-order valence-electron chi connectivity index (χ3n) is 3.51. The van der Waals surface area contributed by atoms with Gasteiger partial charge in [0.05, 0.1) is 10.6 Å². The fraction of sp³-hybridized carbons (Fsp3) is 0.214. The van der Waals surface area contributed by atoms with Crippen LogP contribution in [0.5, 0.6) is 0 Å². The van der Waals surface area contributed by atoms with Crippen LogP contribution in [0.3, 0.4) is 0 Å². The number of Topliss-reactive ketones (excluding diaryl/α,β-unsaturated/α-hetero) is 1. The number of hydrogen-bond donors (Lipinski definition) is 0. The summed E-state index contributed by atoms with van der Waals surface area (Å²) in [5.74, 6) is 0.169. The quantitative estimate of drug-likeness (QED) is 0.621. The molecule has 1 aromatic carbocycles. The summed E-state index contributed by atoms with van der Waals surface area (Å²) in [4.78, 5) is 22.2. The van der Waals surface area contributed by atoms with Crippen molar-refractivity contribution in [3.05, 3.63) is 56.3 Å². The average Bonchev–Trinajstić information content (AvgIpc) is 2.84. The fourth-order valence-corrected chi connectivity index (χ4v) is 3.11. The lowest BCUT2D eigenvalue weighted by molar-refractivity contribution is -0.384. The van der Waals surface area contributed by atoms with Crippen molar-refractivity contribution in [3.63, 3.8) is 0 Å². The Hall–Kier alpha value is -1.95. The van der Waals surface area contributed by atoms with Crippen LogP contribution in [-0.2, 0) is 6.42 Å². The Bertz CT molecular complexity index is 721. The monoisotopic (exact) mass is 334 g/mol. The smallest absolute Gasteiger partial charge is 0.270 e. The van der Waals surface area contributed by atoms with Crippen molar-refractivity contribution < 1.29 is 9.72 Å². The number of aromatic nitrogens is 1. The Morgan fingerprint density at radius 2 is 2.05 bits per heavy atom. The van der Waals surface area contributed by atoms with Gasteiger partial charge in [-0.3, -0.25) is 14.9 Å². The first-order chi connectivity index (χ1) is 9.58. The Balaban J connectivity index is 2.10. The fourth-order valence-electron chi connectivity index (χ4n) is 2.56. The van der Waals surface area contributed by atoms with Crippen molar-refractivity contribution in [3.8, 4) is 5.69 Å². The molecule has 0 saturated carbocycles. The molecule has 0 atom stereocenters. The number of benzene rings is 1. The molecule has 2 aromatic rings. The van der Waals surface area contributed by atoms with E-state index in [9.17, 15) is 14.9 Å². The Kier molecular flexibility index (Phi) is 3.17. The molecule has 0 aliphatic heterocycles. The normalized spacial score (nSPS) is 14.2. The molecule has 1 heterocycles. The number of nitro groups is 1. The van der Waals surface area contributed by atoms with Gasteiger partial charge in [-0.25, -0.2) is 0 Å². The molecule has 1 aromatic heterocycles. The SMILES string of the molecule is O=C1CCCc2c1ccn2-c1ccc([N+](=O)[O-])cc1Br. The highest BCUT2D eigenvalue weighted by Gasteiger charge is 2.22. The number of hydrogen-bond acceptors (Lipinski definition) is 3. The van der Waals surface area contributed by atoms with Crippen LogP contribution in [0.4, 0.5) is 5.69 Å². The second kappa shape index (κ2) is 4.86. The molecule has 102 valence electrons. The number of ketones is 1. The minimum atomic E-state index is -0.427. The summed E-state index contributed by atoms with van der Waals surface area (Å²) < 4.78 is 2.57. The van der Waals surface area contributed by atoms with Gasteiger partial charge in [0, 0.05) is 40.5 Å². The summed E-state index contributed by atoms with van der Waals surface area (Å²) in [6, 6.07) is 6.47. The molecule has 0 spiro atoms. The number of rotatable bonds is 2. The van der Waals surface area contributed by atoms with Gasteiger partial charge < -0.3 is 4.57 Å². The molecule has 0 fully saturated rings. The van der Waals surface area contributed by atoms with Crippen molar-refractivity contribution in [2.45, 2.75) is 19.3 Å². The molecule has 1 aliphatic rings. The van der Waals surface area contributed by atoms with E-state index in [-0.39, 0.29) is 11.5 Å². The predicted molar refractivity (Wildman–Crippen MR) is 77.4 cm³/mol. The number of carbonyl (C=O) groups is 1. The standard InChI is InChI=1S/C14H11BrN2O3/c15-11-8-9(17(19)20)4-5-13(11)16-7-6-10-12(16)2-1-3-14(10)18/h4-8H,1-3H2. The number of nitrogens with zero attached hydrogens (tertiary/aromatic N) is 2. The third kappa shape index (κ3) is 2.06. The van der Waals surface area contributed by atoms with Crippen LogP contribution >= 0.6 is 15.9 Å². The van der Waals surface area contributed by atoms with Crippen LogP contribution < -0.4 is 0 Å². The first-order valence-corrected chi connectivity index (χ1v) is 7.05. The summed E-state index contributed by atoms with van der Waals surface area (Å²) in [7, 11) is 0. The molecule has 0 amide bonds. The van der Waals surface area contributed by atoms with E-state index in [0.29, 0.717) is 10.9 Å². The number of halogens is 1. The second-order valence-corrected chi connectivity index (χ2v) is 5.57. The minimum absolute atomic E-state index is 0.0396. The summed E-state index contributed by atoms with van der Waals surface area (Å²) in [5.41, 5.74) is 2.60. The maximum atomic E-state index is 11.8. The summed E-state index contributed by atoms with van der Waals surface area (Å²) in [6.07, 6.45) is 4.14. The molecular weight excluding hydrogens is 324 g/mol. The van der Waals surface area contributed by atoms with Crippen LogP contribution in [0.25, 0.3) is 5.69 Å². The first kappa shape index (κ1) is 13.1. The maximum absolute atomic E-state index is 11.8. The van der Waals surface area contributed by atoms with E-state index in [0.717, 1.165) is 29.8 Å². The number of non-ortho nitro benzene ring substituents is 1. The van der Waals surface area contributed by atoms with Crippen molar-refractivity contribution >= 4 is 27.4 Å². The van der Waals surface area contributed by atoms with Crippen molar-refractivity contribution in [2.75, 3.05) is 0 Å². The zero-order valence-corrected chi connectivity index (χ0v) is 12.1. The molecule has 20 heavy (non-hydrogen) atoms. The van der Waals surface area contributed by atoms with Crippen LogP contribution in [0, 0.1) is 10.1 Å². The summed E-state index contributed by atoms with van der Waals surface area (Å²) in [5, 5.41) is 10.8. The molecule has 0 unspecified atom stereocenters. The highest BCUT2D eigenvalue weighted by Crippen LogP contribution is 2.31. The lowest BCUT2D eigenvalue weighted by Gasteiger charge is -2.15. The van der Waals surface area contributed by atoms with Gasteiger partial charge in [-0.2, -0.15) is 0 Å². The van der Waals surface area contributed by atoms with Gasteiger partial charge in [-0.1, -0.05) is 0 Å². The molecule has 0 bridgehead atoms. The molecular formula is C14H11BrN2O3. The van der Waals surface area contributed by atoms with Crippen LogP contribution in [0.1, 0.15) is 28.9 Å². The lowest BCUT2D eigenvalue weighted by Crippen LogP contribution is -2.12. The molecule has 0 N–H and O–H groups in total. The number of fused-ring (bicyclic) bond motifs is 1. The number of nitro benzene ring substituents is 1. The second-order valence-electron chi connectivity index (χ2n) is 4.72. The van der Waals surface area contributed by atoms with Crippen LogP contribution in [0.15, 0.2) is 34.9 Å². The first-order valence-electron chi connectivity index (χ1n) is 6.25. The van der Waals surface area contributed by atoms with E-state index >= 15 is 0 Å². The molecule has 1 aliphatic carbocycles. The zero-order valence-electron chi connectivity index (χ0n) is 10.5. The van der Waals surface area contributed by atoms with Crippen molar-refractivity contribution in [1.29, 1.82) is 0 Å². The largest absolute Gasteiger partial charge is 0.319 e. The predicted octanol–water partition coefficient (Wildman–Crippen LogP) is 3.67. The maximum Gasteiger partial charge on any atom is 0.270 e. The average molecular weight is 335 g/mol. The molecule has 3 rings (SSSR count). The van der Waals surface area contributed by atoms with Gasteiger partial charge >= 0.3 is 0 Å². The van der Waals surface area contributed by atoms with Gasteiger partial charge in [-0.15, -0.1) is 0 Å². The van der Waals surface area contributed by atoms with Gasteiger partial charge in [0.25, 0.3) is 5.69 Å². The van der Waals surface area contributed by atoms with E-state index in [1.165, 1.54) is 12.1 Å². The van der Waals surface area contributed by atoms with E-state index in [4.69, 9.17) is 0 Å². The Morgan fingerprint density at radius 3 is 2.75 bits per heavy atom. The van der Waals surface area contributed by atoms with Crippen LogP contribution in [0.2, 0.25) is 0 Å². The zero-order chi connectivity index (χ0) is 14.3. The molecule has 6 heteroatoms. The topological polar surface area (TPSA) is 65.1 Å². The molecule has 0 radical (unpaired) electrons. The van der Waals surface area contributed by atoms with E-state index in [2.05, 4.69) is 15.9 Å². The van der Waals surface area contributed by atoms with E-state index < -0.39 is 4.92 Å². The summed E-state index contributed by atoms with van der Waals surface area (Å²) >= 11 is 3.37. The van der Waals surface area contributed by atoms with Crippen LogP contribution in [-0.4, -0.2) is 15.3 Å². The highest BCUT2D eigenvalue weighted by molar-refractivity contribution is 9.10. The van der Waals surface area contributed by atoms with Gasteiger partial charge in [0.1, 0.15) is 0 Å².